The van der Waals surface area contributed by atoms with Crippen LogP contribution in [0, 0.1) is 0 Å². The minimum atomic E-state index is -0.131. The second-order valence-electron chi connectivity index (χ2n) is 4.97. The second-order valence-corrected chi connectivity index (χ2v) is 5.75. The van der Waals surface area contributed by atoms with E-state index in [0.29, 0.717) is 11.3 Å². The van der Waals surface area contributed by atoms with Crippen molar-refractivity contribution in [2.45, 2.75) is 0 Å². The molecule has 1 aromatic carbocycles. The Hall–Kier alpha value is -2.99. The van der Waals surface area contributed by atoms with E-state index in [4.69, 9.17) is 0 Å². The van der Waals surface area contributed by atoms with E-state index in [0.717, 1.165) is 16.9 Å². The van der Waals surface area contributed by atoms with E-state index in [1.807, 2.05) is 51.7 Å². The SMILES string of the molecule is O=C(Nc1ccc(-n2cnc3ccccc32)nc1)c1ccsc1. The number of carbonyl (C=O) groups excluding carboxylic acids is 1. The van der Waals surface area contributed by atoms with E-state index in [1.165, 1.54) is 11.3 Å². The van der Waals surface area contributed by atoms with Gasteiger partial charge in [-0.3, -0.25) is 9.36 Å². The van der Waals surface area contributed by atoms with Crippen molar-refractivity contribution in [2.75, 3.05) is 5.32 Å². The molecule has 112 valence electrons. The number of para-hydroxylation sites is 2. The van der Waals surface area contributed by atoms with Crippen LogP contribution in [0.2, 0.25) is 0 Å². The van der Waals surface area contributed by atoms with E-state index >= 15 is 0 Å². The van der Waals surface area contributed by atoms with Gasteiger partial charge in [0.1, 0.15) is 12.1 Å². The molecule has 0 saturated heterocycles. The lowest BCUT2D eigenvalue weighted by molar-refractivity contribution is 0.102. The van der Waals surface area contributed by atoms with Crippen molar-refractivity contribution in [3.63, 3.8) is 0 Å². The molecule has 0 aliphatic rings. The molecule has 1 amide bonds. The molecule has 0 fully saturated rings. The summed E-state index contributed by atoms with van der Waals surface area (Å²) in [5, 5.41) is 6.52. The monoisotopic (exact) mass is 320 g/mol. The highest BCUT2D eigenvalue weighted by molar-refractivity contribution is 7.08. The average molecular weight is 320 g/mol. The first kappa shape index (κ1) is 13.7. The Kier molecular flexibility index (Phi) is 3.36. The van der Waals surface area contributed by atoms with Crippen LogP contribution in [0.25, 0.3) is 16.9 Å². The van der Waals surface area contributed by atoms with Gasteiger partial charge in [0.15, 0.2) is 0 Å². The molecule has 3 heterocycles. The van der Waals surface area contributed by atoms with Crippen LogP contribution in [0.5, 0.6) is 0 Å². The summed E-state index contributed by atoms with van der Waals surface area (Å²) in [5.74, 6) is 0.626. The van der Waals surface area contributed by atoms with E-state index in [2.05, 4.69) is 15.3 Å². The maximum absolute atomic E-state index is 12.0. The van der Waals surface area contributed by atoms with Crippen molar-refractivity contribution in [3.8, 4) is 5.82 Å². The van der Waals surface area contributed by atoms with Gasteiger partial charge in [-0.15, -0.1) is 0 Å². The van der Waals surface area contributed by atoms with Crippen LogP contribution >= 0.6 is 11.3 Å². The van der Waals surface area contributed by atoms with Crippen molar-refractivity contribution in [2.24, 2.45) is 0 Å². The third kappa shape index (κ3) is 2.60. The highest BCUT2D eigenvalue weighted by atomic mass is 32.1. The fourth-order valence-electron chi connectivity index (χ4n) is 2.34. The average Bonchev–Trinajstić information content (AvgIpc) is 3.25. The molecule has 0 saturated carbocycles. The Morgan fingerprint density at radius 2 is 2.00 bits per heavy atom. The lowest BCUT2D eigenvalue weighted by atomic mass is 10.3. The van der Waals surface area contributed by atoms with E-state index in [1.54, 1.807) is 18.6 Å². The molecule has 0 radical (unpaired) electrons. The first-order valence-corrected chi connectivity index (χ1v) is 7.97. The predicted molar refractivity (Wildman–Crippen MR) is 91.1 cm³/mol. The minimum Gasteiger partial charge on any atom is -0.321 e. The largest absolute Gasteiger partial charge is 0.321 e. The lowest BCUT2D eigenvalue weighted by Gasteiger charge is -2.06. The summed E-state index contributed by atoms with van der Waals surface area (Å²) < 4.78 is 1.92. The zero-order valence-electron chi connectivity index (χ0n) is 12.0. The molecule has 3 aromatic heterocycles. The molecule has 4 rings (SSSR count). The van der Waals surface area contributed by atoms with Crippen LogP contribution in [0.15, 0.2) is 65.7 Å². The highest BCUT2D eigenvalue weighted by Gasteiger charge is 2.08. The van der Waals surface area contributed by atoms with E-state index in [9.17, 15) is 4.79 Å². The number of benzene rings is 1. The Labute approximate surface area is 136 Å². The summed E-state index contributed by atoms with van der Waals surface area (Å²) >= 11 is 1.49. The number of fused-ring (bicyclic) bond motifs is 1. The zero-order chi connectivity index (χ0) is 15.6. The molecule has 6 heteroatoms. The summed E-state index contributed by atoms with van der Waals surface area (Å²) in [7, 11) is 0. The van der Waals surface area contributed by atoms with Gasteiger partial charge in [-0.1, -0.05) is 12.1 Å². The van der Waals surface area contributed by atoms with Gasteiger partial charge < -0.3 is 5.32 Å². The topological polar surface area (TPSA) is 59.8 Å². The first-order chi connectivity index (χ1) is 11.3. The number of hydrogen-bond acceptors (Lipinski definition) is 4. The fraction of sp³-hybridized carbons (Fsp3) is 0. The molecule has 0 aliphatic carbocycles. The van der Waals surface area contributed by atoms with Gasteiger partial charge in [-0.25, -0.2) is 9.97 Å². The molecule has 0 spiro atoms. The summed E-state index contributed by atoms with van der Waals surface area (Å²) in [6, 6.07) is 13.4. The molecular formula is C17H12N4OS. The molecule has 5 nitrogen and oxygen atoms in total. The van der Waals surface area contributed by atoms with Gasteiger partial charge in [-0.05, 0) is 35.7 Å². The summed E-state index contributed by atoms with van der Waals surface area (Å²) in [6.07, 6.45) is 3.39. The van der Waals surface area contributed by atoms with E-state index < -0.39 is 0 Å². The van der Waals surface area contributed by atoms with Crippen molar-refractivity contribution in [1.82, 2.24) is 14.5 Å². The molecule has 0 atom stereocenters. The van der Waals surface area contributed by atoms with Gasteiger partial charge in [-0.2, -0.15) is 11.3 Å². The molecule has 0 unspecified atom stereocenters. The number of hydrogen-bond donors (Lipinski definition) is 1. The molecule has 23 heavy (non-hydrogen) atoms. The molecule has 1 N–H and O–H groups in total. The number of aromatic nitrogens is 3. The van der Waals surface area contributed by atoms with Crippen molar-refractivity contribution in [1.29, 1.82) is 0 Å². The Balaban J connectivity index is 1.60. The van der Waals surface area contributed by atoms with Crippen molar-refractivity contribution >= 4 is 34.0 Å². The van der Waals surface area contributed by atoms with Crippen LogP contribution < -0.4 is 5.32 Å². The number of imidazole rings is 1. The van der Waals surface area contributed by atoms with Gasteiger partial charge in [0, 0.05) is 5.38 Å². The van der Waals surface area contributed by atoms with Crippen LogP contribution in [0.1, 0.15) is 10.4 Å². The lowest BCUT2D eigenvalue weighted by Crippen LogP contribution is -2.11. The van der Waals surface area contributed by atoms with Crippen LogP contribution in [0.4, 0.5) is 5.69 Å². The second kappa shape index (κ2) is 5.66. The third-order valence-corrected chi connectivity index (χ3v) is 4.17. The van der Waals surface area contributed by atoms with Crippen molar-refractivity contribution < 1.29 is 4.79 Å². The van der Waals surface area contributed by atoms with Gasteiger partial charge in [0.2, 0.25) is 0 Å². The molecule has 0 bridgehead atoms. The number of rotatable bonds is 3. The van der Waals surface area contributed by atoms with Gasteiger partial charge in [0.25, 0.3) is 5.91 Å². The first-order valence-electron chi connectivity index (χ1n) is 7.03. The number of carbonyl (C=O) groups is 1. The summed E-state index contributed by atoms with van der Waals surface area (Å²) in [5.41, 5.74) is 3.23. The number of amides is 1. The molecule has 0 aliphatic heterocycles. The smallest absolute Gasteiger partial charge is 0.256 e. The van der Waals surface area contributed by atoms with Crippen LogP contribution in [-0.4, -0.2) is 20.4 Å². The van der Waals surface area contributed by atoms with E-state index in [-0.39, 0.29) is 5.91 Å². The van der Waals surface area contributed by atoms with Gasteiger partial charge in [0.05, 0.1) is 28.5 Å². The predicted octanol–water partition coefficient (Wildman–Crippen LogP) is 3.73. The molecule has 4 aromatic rings. The number of thiophene rings is 1. The number of anilines is 1. The number of nitrogens with one attached hydrogen (secondary N) is 1. The Bertz CT molecular complexity index is 958. The number of pyridine rings is 1. The third-order valence-electron chi connectivity index (χ3n) is 3.49. The number of nitrogens with zero attached hydrogens (tertiary/aromatic N) is 3. The quantitative estimate of drug-likeness (QED) is 0.625. The minimum absolute atomic E-state index is 0.131. The van der Waals surface area contributed by atoms with Crippen LogP contribution in [-0.2, 0) is 0 Å². The summed E-state index contributed by atoms with van der Waals surface area (Å²) in [6.45, 7) is 0. The highest BCUT2D eigenvalue weighted by Crippen LogP contribution is 2.18. The maximum atomic E-state index is 12.0. The standard InChI is InChI=1S/C17H12N4OS/c22-17(12-7-8-23-10-12)20-13-5-6-16(18-9-13)21-11-19-14-3-1-2-4-15(14)21/h1-11H,(H,20,22). The zero-order valence-corrected chi connectivity index (χ0v) is 12.8. The van der Waals surface area contributed by atoms with Crippen LogP contribution in [0.3, 0.4) is 0 Å². The van der Waals surface area contributed by atoms with Crippen molar-refractivity contribution in [3.05, 3.63) is 71.3 Å². The Morgan fingerprint density at radius 3 is 2.78 bits per heavy atom. The van der Waals surface area contributed by atoms with Gasteiger partial charge >= 0.3 is 0 Å². The molecular weight excluding hydrogens is 308 g/mol. The normalized spacial score (nSPS) is 10.8. The Morgan fingerprint density at radius 1 is 1.09 bits per heavy atom. The maximum Gasteiger partial charge on any atom is 0.256 e. The summed E-state index contributed by atoms with van der Waals surface area (Å²) in [4.78, 5) is 20.8. The fourth-order valence-corrected chi connectivity index (χ4v) is 2.98.